The highest BCUT2D eigenvalue weighted by molar-refractivity contribution is 6.39. The first kappa shape index (κ1) is 17.2. The quantitative estimate of drug-likeness (QED) is 0.725. The second-order valence-corrected chi connectivity index (χ2v) is 7.48. The second kappa shape index (κ2) is 7.53. The predicted octanol–water partition coefficient (Wildman–Crippen LogP) is 2.23. The fourth-order valence-electron chi connectivity index (χ4n) is 3.42. The van der Waals surface area contributed by atoms with Crippen molar-refractivity contribution in [3.63, 3.8) is 0 Å². The zero-order chi connectivity index (χ0) is 17.0. The summed E-state index contributed by atoms with van der Waals surface area (Å²) in [4.78, 5) is 31.9. The number of hydrogen-bond donors (Lipinski definition) is 1. The van der Waals surface area contributed by atoms with Gasteiger partial charge in [-0.2, -0.15) is 0 Å². The third-order valence-electron chi connectivity index (χ3n) is 5.37. The summed E-state index contributed by atoms with van der Waals surface area (Å²) in [7, 11) is 0. The Labute approximate surface area is 144 Å². The summed E-state index contributed by atoms with van der Waals surface area (Å²) in [6.07, 6.45) is 8.39. The van der Waals surface area contributed by atoms with Crippen LogP contribution in [0.5, 0.6) is 0 Å². The summed E-state index contributed by atoms with van der Waals surface area (Å²) in [6, 6.07) is 0. The van der Waals surface area contributed by atoms with E-state index in [-0.39, 0.29) is 17.4 Å². The SMILES string of the molecule is CCCCCC(=O)N1CCC2(CC1)CC(C(=O)NCC1CC1)=NO2. The number of nitrogens with zero attached hydrogens (tertiary/aromatic N) is 2. The van der Waals surface area contributed by atoms with Crippen LogP contribution < -0.4 is 5.32 Å². The van der Waals surface area contributed by atoms with E-state index < -0.39 is 0 Å². The summed E-state index contributed by atoms with van der Waals surface area (Å²) < 4.78 is 0. The molecule has 2 amide bonds. The molecule has 3 rings (SSSR count). The molecule has 2 fully saturated rings. The van der Waals surface area contributed by atoms with E-state index in [0.29, 0.717) is 37.6 Å². The van der Waals surface area contributed by atoms with E-state index in [2.05, 4.69) is 17.4 Å². The number of likely N-dealkylation sites (tertiary alicyclic amines) is 1. The number of oxime groups is 1. The summed E-state index contributed by atoms with van der Waals surface area (Å²) >= 11 is 0. The van der Waals surface area contributed by atoms with Gasteiger partial charge >= 0.3 is 0 Å². The second-order valence-electron chi connectivity index (χ2n) is 7.48. The van der Waals surface area contributed by atoms with E-state index in [1.165, 1.54) is 12.8 Å². The highest BCUT2D eigenvalue weighted by Gasteiger charge is 2.44. The van der Waals surface area contributed by atoms with Crippen LogP contribution in [0.25, 0.3) is 0 Å². The Hall–Kier alpha value is -1.59. The average Bonchev–Trinajstić information content (AvgIpc) is 3.34. The van der Waals surface area contributed by atoms with Crippen LogP contribution >= 0.6 is 0 Å². The molecule has 1 saturated carbocycles. The van der Waals surface area contributed by atoms with Crippen molar-refractivity contribution in [2.45, 2.75) is 70.3 Å². The van der Waals surface area contributed by atoms with E-state index >= 15 is 0 Å². The number of carbonyl (C=O) groups is 2. The number of nitrogens with one attached hydrogen (secondary N) is 1. The topological polar surface area (TPSA) is 71.0 Å². The molecule has 3 aliphatic rings. The first-order valence-electron chi connectivity index (χ1n) is 9.43. The number of hydrogen-bond acceptors (Lipinski definition) is 4. The molecule has 0 unspecified atom stereocenters. The third-order valence-corrected chi connectivity index (χ3v) is 5.37. The normalized spacial score (nSPS) is 22.2. The Balaban J connectivity index is 1.41. The minimum absolute atomic E-state index is 0.0863. The molecule has 0 aromatic heterocycles. The van der Waals surface area contributed by atoms with E-state index in [1.807, 2.05) is 4.90 Å². The average molecular weight is 335 g/mol. The maximum absolute atomic E-state index is 12.2. The standard InChI is InChI=1S/C18H29N3O3/c1-2-3-4-5-16(22)21-10-8-18(9-11-21)12-15(20-24-18)17(23)19-13-14-6-7-14/h14H,2-13H2,1H3,(H,19,23). The van der Waals surface area contributed by atoms with Gasteiger partial charge in [0.2, 0.25) is 5.91 Å². The molecule has 6 heteroatoms. The third kappa shape index (κ3) is 4.28. The van der Waals surface area contributed by atoms with Gasteiger partial charge in [0.1, 0.15) is 11.3 Å². The molecule has 1 saturated heterocycles. The van der Waals surface area contributed by atoms with E-state index in [9.17, 15) is 9.59 Å². The largest absolute Gasteiger partial charge is 0.388 e. The first-order chi connectivity index (χ1) is 11.6. The van der Waals surface area contributed by atoms with Crippen molar-refractivity contribution in [2.24, 2.45) is 11.1 Å². The summed E-state index contributed by atoms with van der Waals surface area (Å²) in [5.41, 5.74) is 0.144. The number of unbranched alkanes of at least 4 members (excludes halogenated alkanes) is 2. The van der Waals surface area contributed by atoms with Gasteiger partial charge < -0.3 is 15.1 Å². The van der Waals surface area contributed by atoms with Gasteiger partial charge in [-0.05, 0) is 25.2 Å². The van der Waals surface area contributed by atoms with Crippen LogP contribution in [0.3, 0.4) is 0 Å². The van der Waals surface area contributed by atoms with Gasteiger partial charge in [0.25, 0.3) is 5.91 Å². The van der Waals surface area contributed by atoms with Crippen LogP contribution in [0.2, 0.25) is 0 Å². The van der Waals surface area contributed by atoms with Gasteiger partial charge in [-0.3, -0.25) is 9.59 Å². The maximum atomic E-state index is 12.2. The lowest BCUT2D eigenvalue weighted by Crippen LogP contribution is -2.47. The highest BCUT2D eigenvalue weighted by atomic mass is 16.7. The monoisotopic (exact) mass is 335 g/mol. The Morgan fingerprint density at radius 1 is 1.29 bits per heavy atom. The number of amides is 2. The Morgan fingerprint density at radius 3 is 2.71 bits per heavy atom. The van der Waals surface area contributed by atoms with Crippen molar-refractivity contribution >= 4 is 17.5 Å². The van der Waals surface area contributed by atoms with Crippen molar-refractivity contribution in [2.75, 3.05) is 19.6 Å². The molecule has 0 aromatic rings. The molecule has 0 aromatic carbocycles. The van der Waals surface area contributed by atoms with Crippen LogP contribution in [0, 0.1) is 5.92 Å². The van der Waals surface area contributed by atoms with Crippen molar-refractivity contribution in [3.05, 3.63) is 0 Å². The van der Waals surface area contributed by atoms with Crippen LogP contribution in [-0.2, 0) is 14.4 Å². The van der Waals surface area contributed by atoms with E-state index in [4.69, 9.17) is 4.84 Å². The number of rotatable bonds is 7. The minimum atomic E-state index is -0.369. The van der Waals surface area contributed by atoms with E-state index in [0.717, 1.165) is 38.6 Å². The van der Waals surface area contributed by atoms with Crippen LogP contribution in [0.1, 0.15) is 64.7 Å². The highest BCUT2D eigenvalue weighted by Crippen LogP contribution is 2.35. The molecule has 2 heterocycles. The van der Waals surface area contributed by atoms with Gasteiger partial charge in [-0.15, -0.1) is 0 Å². The smallest absolute Gasteiger partial charge is 0.269 e. The lowest BCUT2D eigenvalue weighted by atomic mass is 9.86. The molecule has 1 spiro atoms. The molecule has 6 nitrogen and oxygen atoms in total. The molecule has 1 aliphatic carbocycles. The van der Waals surface area contributed by atoms with Gasteiger partial charge in [0.15, 0.2) is 0 Å². The molecule has 24 heavy (non-hydrogen) atoms. The van der Waals surface area contributed by atoms with Crippen molar-refractivity contribution in [1.82, 2.24) is 10.2 Å². The van der Waals surface area contributed by atoms with Crippen molar-refractivity contribution in [1.29, 1.82) is 0 Å². The zero-order valence-electron chi connectivity index (χ0n) is 14.7. The molecule has 1 N–H and O–H groups in total. The minimum Gasteiger partial charge on any atom is -0.388 e. The first-order valence-corrected chi connectivity index (χ1v) is 9.43. The zero-order valence-corrected chi connectivity index (χ0v) is 14.7. The van der Waals surface area contributed by atoms with E-state index in [1.54, 1.807) is 0 Å². The Bertz CT molecular complexity index is 506. The summed E-state index contributed by atoms with van der Waals surface area (Å²) in [6.45, 7) is 4.31. The lowest BCUT2D eigenvalue weighted by Gasteiger charge is -2.37. The fourth-order valence-corrected chi connectivity index (χ4v) is 3.42. The van der Waals surface area contributed by atoms with Crippen LogP contribution in [0.4, 0.5) is 0 Å². The van der Waals surface area contributed by atoms with Gasteiger partial charge in [-0.25, -0.2) is 0 Å². The predicted molar refractivity (Wildman–Crippen MR) is 91.6 cm³/mol. The number of piperidine rings is 1. The van der Waals surface area contributed by atoms with Gasteiger partial charge in [-0.1, -0.05) is 24.9 Å². The molecule has 0 atom stereocenters. The molecular formula is C18H29N3O3. The Morgan fingerprint density at radius 2 is 2.04 bits per heavy atom. The molecule has 2 aliphatic heterocycles. The van der Waals surface area contributed by atoms with Gasteiger partial charge in [0.05, 0.1) is 0 Å². The molecule has 0 bridgehead atoms. The fraction of sp³-hybridized carbons (Fsp3) is 0.833. The van der Waals surface area contributed by atoms with Gasteiger partial charge in [0, 0.05) is 45.3 Å². The van der Waals surface area contributed by atoms with Crippen LogP contribution in [0.15, 0.2) is 5.16 Å². The van der Waals surface area contributed by atoms with Crippen LogP contribution in [-0.4, -0.2) is 47.7 Å². The van der Waals surface area contributed by atoms with Crippen molar-refractivity contribution in [3.8, 4) is 0 Å². The molecule has 134 valence electrons. The maximum Gasteiger partial charge on any atom is 0.269 e. The number of carbonyl (C=O) groups excluding carboxylic acids is 2. The molecule has 0 radical (unpaired) electrons. The van der Waals surface area contributed by atoms with Crippen molar-refractivity contribution < 1.29 is 14.4 Å². The summed E-state index contributed by atoms with van der Waals surface area (Å²) in [5, 5.41) is 6.99. The summed E-state index contributed by atoms with van der Waals surface area (Å²) in [5.74, 6) is 0.823. The molecular weight excluding hydrogens is 306 g/mol. The lowest BCUT2D eigenvalue weighted by molar-refractivity contribution is -0.137. The Kier molecular flexibility index (Phi) is 5.41.